The first-order valence-electron chi connectivity index (χ1n) is 8.11. The zero-order chi connectivity index (χ0) is 17.3. The Balaban J connectivity index is 1.51. The third-order valence-corrected chi connectivity index (χ3v) is 3.81. The Morgan fingerprint density at radius 3 is 2.04 bits per heavy atom. The van der Waals surface area contributed by atoms with Crippen molar-refractivity contribution in [2.24, 2.45) is 0 Å². The van der Waals surface area contributed by atoms with Crippen molar-refractivity contribution in [2.75, 3.05) is 23.7 Å². The first-order valence-corrected chi connectivity index (χ1v) is 8.49. The van der Waals surface area contributed by atoms with Crippen LogP contribution in [-0.2, 0) is 12.8 Å². The van der Waals surface area contributed by atoms with Gasteiger partial charge in [-0.1, -0.05) is 23.7 Å². The van der Waals surface area contributed by atoms with Crippen LogP contribution in [0.5, 0.6) is 0 Å². The van der Waals surface area contributed by atoms with Crippen LogP contribution < -0.4 is 10.6 Å². The molecular formula is C18H19ClN6. The summed E-state index contributed by atoms with van der Waals surface area (Å²) in [5.41, 5.74) is 2.05. The van der Waals surface area contributed by atoms with Gasteiger partial charge in [-0.3, -0.25) is 9.97 Å². The molecule has 25 heavy (non-hydrogen) atoms. The van der Waals surface area contributed by atoms with Crippen LogP contribution in [0, 0.1) is 0 Å². The van der Waals surface area contributed by atoms with E-state index in [1.54, 1.807) is 18.6 Å². The van der Waals surface area contributed by atoms with Gasteiger partial charge in [-0.2, -0.15) is 4.98 Å². The molecule has 3 aromatic rings. The Labute approximate surface area is 151 Å². The maximum Gasteiger partial charge on any atom is 0.224 e. The molecule has 0 radical (unpaired) electrons. The van der Waals surface area contributed by atoms with Crippen molar-refractivity contribution in [2.45, 2.75) is 12.8 Å². The lowest BCUT2D eigenvalue weighted by Gasteiger charge is -2.10. The van der Waals surface area contributed by atoms with Gasteiger partial charge in [0.05, 0.1) is 6.20 Å². The first-order chi connectivity index (χ1) is 12.3. The monoisotopic (exact) mass is 354 g/mol. The van der Waals surface area contributed by atoms with Crippen LogP contribution in [0.1, 0.15) is 11.4 Å². The van der Waals surface area contributed by atoms with Gasteiger partial charge in [-0.25, -0.2) is 4.98 Å². The lowest BCUT2D eigenvalue weighted by molar-refractivity contribution is 0.931. The van der Waals surface area contributed by atoms with E-state index in [1.165, 1.54) is 0 Å². The van der Waals surface area contributed by atoms with E-state index < -0.39 is 0 Å². The lowest BCUT2D eigenvalue weighted by atomic mass is 10.3. The summed E-state index contributed by atoms with van der Waals surface area (Å²) in [5.74, 6) is 1.16. The molecule has 0 saturated carbocycles. The summed E-state index contributed by atoms with van der Waals surface area (Å²) in [5, 5.41) is 6.93. The van der Waals surface area contributed by atoms with Crippen LogP contribution in [0.2, 0.25) is 5.02 Å². The van der Waals surface area contributed by atoms with E-state index in [2.05, 4.69) is 30.6 Å². The third kappa shape index (κ3) is 5.39. The van der Waals surface area contributed by atoms with Crippen molar-refractivity contribution < 1.29 is 0 Å². The Hall–Kier alpha value is -2.73. The standard InChI is InChI=1S/C18H19ClN6/c19-16-13-24-18(23-12-8-15-6-2-4-10-21-15)25-17(16)22-11-7-14-5-1-3-9-20-14/h1-6,9-10,13H,7-8,11-12H2,(H2,22,23,24,25). The predicted molar refractivity (Wildman–Crippen MR) is 99.9 cm³/mol. The van der Waals surface area contributed by atoms with E-state index in [-0.39, 0.29) is 0 Å². The molecule has 3 aromatic heterocycles. The van der Waals surface area contributed by atoms with Crippen molar-refractivity contribution in [3.05, 3.63) is 71.4 Å². The number of hydrogen-bond donors (Lipinski definition) is 2. The van der Waals surface area contributed by atoms with E-state index in [4.69, 9.17) is 11.6 Å². The number of anilines is 2. The molecule has 0 unspecified atom stereocenters. The average molecular weight is 355 g/mol. The predicted octanol–water partition coefficient (Wildman–Crippen LogP) is 3.23. The van der Waals surface area contributed by atoms with Crippen LogP contribution >= 0.6 is 11.6 Å². The fourth-order valence-electron chi connectivity index (χ4n) is 2.28. The third-order valence-electron chi connectivity index (χ3n) is 3.53. The first kappa shape index (κ1) is 17.1. The maximum absolute atomic E-state index is 6.17. The van der Waals surface area contributed by atoms with Crippen molar-refractivity contribution in [1.82, 2.24) is 19.9 Å². The number of aromatic nitrogens is 4. The molecule has 0 bridgehead atoms. The van der Waals surface area contributed by atoms with E-state index in [0.717, 1.165) is 24.2 Å². The fraction of sp³-hybridized carbons (Fsp3) is 0.222. The van der Waals surface area contributed by atoms with Gasteiger partial charge < -0.3 is 10.6 Å². The van der Waals surface area contributed by atoms with E-state index in [9.17, 15) is 0 Å². The summed E-state index contributed by atoms with van der Waals surface area (Å²) in [6.45, 7) is 1.40. The molecule has 0 fully saturated rings. The van der Waals surface area contributed by atoms with Gasteiger partial charge in [0, 0.05) is 49.7 Å². The smallest absolute Gasteiger partial charge is 0.224 e. The molecule has 0 aliphatic carbocycles. The molecule has 0 aliphatic heterocycles. The minimum Gasteiger partial charge on any atom is -0.368 e. The highest BCUT2D eigenvalue weighted by Gasteiger charge is 2.05. The fourth-order valence-corrected chi connectivity index (χ4v) is 2.44. The number of halogens is 1. The number of hydrogen-bond acceptors (Lipinski definition) is 6. The second kappa shape index (κ2) is 8.94. The summed E-state index contributed by atoms with van der Waals surface area (Å²) in [6, 6.07) is 11.8. The molecule has 128 valence electrons. The number of nitrogens with one attached hydrogen (secondary N) is 2. The minimum atomic E-state index is 0.497. The summed E-state index contributed by atoms with van der Waals surface area (Å²) < 4.78 is 0. The summed E-state index contributed by atoms with van der Waals surface area (Å²) in [7, 11) is 0. The normalized spacial score (nSPS) is 10.4. The zero-order valence-corrected chi connectivity index (χ0v) is 14.4. The van der Waals surface area contributed by atoms with Gasteiger partial charge in [0.15, 0.2) is 0 Å². The Bertz CT molecular complexity index is 782. The SMILES string of the molecule is Clc1cnc(NCCc2ccccn2)nc1NCCc1ccccn1. The van der Waals surface area contributed by atoms with E-state index >= 15 is 0 Å². The van der Waals surface area contributed by atoms with Crippen LogP contribution in [0.3, 0.4) is 0 Å². The molecule has 0 aromatic carbocycles. The molecule has 3 rings (SSSR count). The van der Waals surface area contributed by atoms with Crippen LogP contribution in [-0.4, -0.2) is 33.0 Å². The topological polar surface area (TPSA) is 75.6 Å². The Kier molecular flexibility index (Phi) is 6.11. The van der Waals surface area contributed by atoms with Crippen molar-refractivity contribution >= 4 is 23.4 Å². The molecule has 2 N–H and O–H groups in total. The Morgan fingerprint density at radius 2 is 1.44 bits per heavy atom. The lowest BCUT2D eigenvalue weighted by Crippen LogP contribution is -2.12. The van der Waals surface area contributed by atoms with E-state index in [0.29, 0.717) is 29.9 Å². The maximum atomic E-state index is 6.17. The quantitative estimate of drug-likeness (QED) is 0.647. The number of nitrogens with zero attached hydrogens (tertiary/aromatic N) is 4. The highest BCUT2D eigenvalue weighted by atomic mass is 35.5. The highest BCUT2D eigenvalue weighted by Crippen LogP contribution is 2.19. The molecule has 0 spiro atoms. The van der Waals surface area contributed by atoms with Crippen molar-refractivity contribution in [3.63, 3.8) is 0 Å². The van der Waals surface area contributed by atoms with Gasteiger partial charge >= 0.3 is 0 Å². The summed E-state index contributed by atoms with van der Waals surface area (Å²) >= 11 is 6.17. The van der Waals surface area contributed by atoms with Gasteiger partial charge in [0.25, 0.3) is 0 Å². The largest absolute Gasteiger partial charge is 0.368 e. The highest BCUT2D eigenvalue weighted by molar-refractivity contribution is 6.32. The Morgan fingerprint density at radius 1 is 0.800 bits per heavy atom. The molecule has 0 amide bonds. The van der Waals surface area contributed by atoms with Gasteiger partial charge in [0.2, 0.25) is 5.95 Å². The van der Waals surface area contributed by atoms with Crippen LogP contribution in [0.4, 0.5) is 11.8 Å². The van der Waals surface area contributed by atoms with Crippen molar-refractivity contribution in [3.8, 4) is 0 Å². The molecule has 0 aliphatic rings. The molecule has 3 heterocycles. The summed E-state index contributed by atoms with van der Waals surface area (Å²) in [4.78, 5) is 17.2. The van der Waals surface area contributed by atoms with Crippen molar-refractivity contribution in [1.29, 1.82) is 0 Å². The van der Waals surface area contributed by atoms with Gasteiger partial charge in [0.1, 0.15) is 10.8 Å². The molecule has 7 heteroatoms. The number of rotatable bonds is 8. The zero-order valence-electron chi connectivity index (χ0n) is 13.7. The average Bonchev–Trinajstić information content (AvgIpc) is 2.66. The molecular weight excluding hydrogens is 336 g/mol. The van der Waals surface area contributed by atoms with Crippen LogP contribution in [0.15, 0.2) is 55.0 Å². The second-order valence-electron chi connectivity index (χ2n) is 5.39. The minimum absolute atomic E-state index is 0.497. The molecule has 6 nitrogen and oxygen atoms in total. The molecule has 0 saturated heterocycles. The van der Waals surface area contributed by atoms with Gasteiger partial charge in [-0.05, 0) is 24.3 Å². The van der Waals surface area contributed by atoms with E-state index in [1.807, 2.05) is 36.4 Å². The summed E-state index contributed by atoms with van der Waals surface area (Å²) in [6.07, 6.45) is 6.77. The molecule has 0 atom stereocenters. The number of pyridine rings is 2. The van der Waals surface area contributed by atoms with Gasteiger partial charge in [-0.15, -0.1) is 0 Å². The van der Waals surface area contributed by atoms with Crippen LogP contribution in [0.25, 0.3) is 0 Å². The second-order valence-corrected chi connectivity index (χ2v) is 5.79.